The molecular weight excluding hydrogens is 478 g/mol. The third-order valence-corrected chi connectivity index (χ3v) is 7.50. The number of nitrogens with zero attached hydrogens (tertiary/aromatic N) is 3. The normalized spacial score (nSPS) is 19.6. The first-order valence-electron chi connectivity index (χ1n) is 12.9. The maximum atomic E-state index is 13.3. The fourth-order valence-corrected chi connectivity index (χ4v) is 5.65. The highest BCUT2D eigenvalue weighted by molar-refractivity contribution is 6.01. The summed E-state index contributed by atoms with van der Waals surface area (Å²) in [7, 11) is 0. The molecule has 38 heavy (non-hydrogen) atoms. The smallest absolute Gasteiger partial charge is 0.251 e. The summed E-state index contributed by atoms with van der Waals surface area (Å²) in [6.07, 6.45) is 4.23. The number of hydrogen-bond donors (Lipinski definition) is 3. The number of pyridine rings is 2. The highest BCUT2D eigenvalue weighted by Crippen LogP contribution is 2.31. The molecule has 1 saturated carbocycles. The van der Waals surface area contributed by atoms with Gasteiger partial charge in [-0.15, -0.1) is 0 Å². The first kappa shape index (κ1) is 24.1. The Hall–Kier alpha value is -4.30. The maximum absolute atomic E-state index is 13.3. The Balaban J connectivity index is 1.22. The first-order chi connectivity index (χ1) is 18.4. The van der Waals surface area contributed by atoms with Crippen molar-refractivity contribution in [3.8, 4) is 11.3 Å². The van der Waals surface area contributed by atoms with E-state index in [1.807, 2.05) is 55.5 Å². The summed E-state index contributed by atoms with van der Waals surface area (Å²) >= 11 is 0. The Labute approximate surface area is 219 Å². The molecule has 0 saturated heterocycles. The lowest BCUT2D eigenvalue weighted by Crippen LogP contribution is -2.48. The average Bonchev–Trinajstić information content (AvgIpc) is 3.34. The van der Waals surface area contributed by atoms with Gasteiger partial charge in [-0.25, -0.2) is 0 Å². The van der Waals surface area contributed by atoms with Gasteiger partial charge < -0.3 is 15.0 Å². The molecule has 5 aromatic rings. The van der Waals surface area contributed by atoms with E-state index < -0.39 is 5.60 Å². The Morgan fingerprint density at radius 2 is 2.03 bits per heavy atom. The molecule has 0 radical (unpaired) electrons. The summed E-state index contributed by atoms with van der Waals surface area (Å²) < 4.78 is 1.65. The van der Waals surface area contributed by atoms with E-state index in [1.54, 1.807) is 29.0 Å². The molecule has 0 unspecified atom stereocenters. The van der Waals surface area contributed by atoms with Crippen LogP contribution in [0.2, 0.25) is 0 Å². The van der Waals surface area contributed by atoms with Crippen LogP contribution in [0.15, 0.2) is 77.7 Å². The molecule has 2 atom stereocenters. The average molecular weight is 508 g/mol. The predicted octanol–water partition coefficient (Wildman–Crippen LogP) is 4.35. The molecule has 8 nitrogen and oxygen atoms in total. The van der Waals surface area contributed by atoms with Gasteiger partial charge in [0.15, 0.2) is 0 Å². The summed E-state index contributed by atoms with van der Waals surface area (Å²) in [6.45, 7) is 2.12. The van der Waals surface area contributed by atoms with Crippen molar-refractivity contribution in [2.75, 3.05) is 0 Å². The van der Waals surface area contributed by atoms with Gasteiger partial charge in [-0.2, -0.15) is 5.10 Å². The summed E-state index contributed by atoms with van der Waals surface area (Å²) in [6, 6.07) is 20.2. The fourth-order valence-electron chi connectivity index (χ4n) is 5.65. The summed E-state index contributed by atoms with van der Waals surface area (Å²) in [5, 5.41) is 24.0. The molecule has 3 aromatic heterocycles. The number of H-pyrrole nitrogens is 1. The minimum atomic E-state index is -1.09. The second-order valence-corrected chi connectivity index (χ2v) is 10.3. The number of benzene rings is 2. The van der Waals surface area contributed by atoms with Crippen molar-refractivity contribution in [2.45, 2.75) is 50.8 Å². The van der Waals surface area contributed by atoms with Crippen LogP contribution in [0.1, 0.15) is 41.7 Å². The lowest BCUT2D eigenvalue weighted by molar-refractivity contribution is -0.0209. The summed E-state index contributed by atoms with van der Waals surface area (Å²) in [4.78, 5) is 30.2. The van der Waals surface area contributed by atoms with E-state index in [-0.39, 0.29) is 24.1 Å². The Morgan fingerprint density at radius 1 is 1.16 bits per heavy atom. The molecule has 0 spiro atoms. The van der Waals surface area contributed by atoms with Crippen LogP contribution < -0.4 is 10.9 Å². The van der Waals surface area contributed by atoms with E-state index in [2.05, 4.69) is 20.5 Å². The van der Waals surface area contributed by atoms with Crippen LogP contribution in [-0.4, -0.2) is 42.4 Å². The van der Waals surface area contributed by atoms with E-state index in [1.165, 1.54) is 0 Å². The zero-order valence-corrected chi connectivity index (χ0v) is 21.1. The van der Waals surface area contributed by atoms with Crippen LogP contribution in [0, 0.1) is 6.92 Å². The number of aromatic amines is 1. The van der Waals surface area contributed by atoms with Gasteiger partial charge in [0.2, 0.25) is 0 Å². The molecule has 3 N–H and O–H groups in total. The zero-order chi connectivity index (χ0) is 26.3. The Kier molecular flexibility index (Phi) is 6.04. The molecule has 1 aliphatic rings. The molecule has 1 aliphatic carbocycles. The van der Waals surface area contributed by atoms with Gasteiger partial charge in [-0.3, -0.25) is 19.7 Å². The fraction of sp³-hybridized carbons (Fsp3) is 0.267. The zero-order valence-electron chi connectivity index (χ0n) is 21.1. The Bertz CT molecular complexity index is 1720. The van der Waals surface area contributed by atoms with E-state index >= 15 is 0 Å². The highest BCUT2D eigenvalue weighted by Gasteiger charge is 2.36. The van der Waals surface area contributed by atoms with E-state index in [4.69, 9.17) is 0 Å². The highest BCUT2D eigenvalue weighted by atomic mass is 16.3. The minimum absolute atomic E-state index is 0.142. The molecule has 0 aliphatic heterocycles. The van der Waals surface area contributed by atoms with Crippen LogP contribution >= 0.6 is 0 Å². The first-order valence-corrected chi connectivity index (χ1v) is 12.9. The molecule has 3 heterocycles. The van der Waals surface area contributed by atoms with Crippen LogP contribution in [-0.2, 0) is 6.54 Å². The number of carbonyl (C=O) groups is 1. The van der Waals surface area contributed by atoms with Crippen molar-refractivity contribution in [1.29, 1.82) is 0 Å². The van der Waals surface area contributed by atoms with Crippen molar-refractivity contribution < 1.29 is 9.90 Å². The largest absolute Gasteiger partial charge is 0.388 e. The standard InChI is InChI=1S/C30H29N5O3/c1-19-15-21(12-14-31-19)28-24-16-22(8-10-25(24)33-34-28)29(37)32-23-6-4-13-30(38,17-23)18-35-26-7-3-2-5-20(26)9-11-27(35)36/h2-3,5,7-12,14-16,23,38H,4,6,13,17-18H2,1H3,(H,32,37)(H,33,34)/t23-,30-/m0/s1. The number of aliphatic hydroxyl groups is 1. The molecule has 192 valence electrons. The topological polar surface area (TPSA) is 113 Å². The predicted molar refractivity (Wildman–Crippen MR) is 147 cm³/mol. The number of hydrogen-bond acceptors (Lipinski definition) is 5. The number of rotatable bonds is 5. The van der Waals surface area contributed by atoms with E-state index in [0.29, 0.717) is 18.4 Å². The van der Waals surface area contributed by atoms with Gasteiger partial charge in [-0.1, -0.05) is 18.2 Å². The van der Waals surface area contributed by atoms with E-state index in [0.717, 1.165) is 51.6 Å². The number of amides is 1. The third kappa shape index (κ3) is 4.59. The third-order valence-electron chi connectivity index (χ3n) is 7.50. The van der Waals surface area contributed by atoms with Crippen molar-refractivity contribution in [3.05, 3.63) is 94.5 Å². The van der Waals surface area contributed by atoms with Crippen LogP contribution in [0.5, 0.6) is 0 Å². The summed E-state index contributed by atoms with van der Waals surface area (Å²) in [5.41, 5.74) is 3.54. The molecule has 2 aromatic carbocycles. The minimum Gasteiger partial charge on any atom is -0.388 e. The van der Waals surface area contributed by atoms with Gasteiger partial charge in [-0.05, 0) is 80.5 Å². The maximum Gasteiger partial charge on any atom is 0.251 e. The molecule has 8 heteroatoms. The molecular formula is C30H29N5O3. The van der Waals surface area contributed by atoms with Gasteiger partial charge in [0.05, 0.1) is 23.2 Å². The second kappa shape index (κ2) is 9.54. The van der Waals surface area contributed by atoms with E-state index in [9.17, 15) is 14.7 Å². The number of para-hydroxylation sites is 1. The second-order valence-electron chi connectivity index (χ2n) is 10.3. The van der Waals surface area contributed by atoms with Gasteiger partial charge in [0, 0.05) is 40.5 Å². The van der Waals surface area contributed by atoms with Crippen LogP contribution in [0.3, 0.4) is 0 Å². The lowest BCUT2D eigenvalue weighted by Gasteiger charge is -2.37. The lowest BCUT2D eigenvalue weighted by atomic mass is 9.81. The quantitative estimate of drug-likeness (QED) is 0.327. The Morgan fingerprint density at radius 3 is 2.89 bits per heavy atom. The number of aryl methyl sites for hydroxylation is 1. The molecule has 1 fully saturated rings. The number of fused-ring (bicyclic) bond motifs is 2. The number of nitrogens with one attached hydrogen (secondary N) is 2. The monoisotopic (exact) mass is 507 g/mol. The van der Waals surface area contributed by atoms with Crippen molar-refractivity contribution in [1.82, 2.24) is 25.1 Å². The van der Waals surface area contributed by atoms with Crippen LogP contribution in [0.25, 0.3) is 33.1 Å². The van der Waals surface area contributed by atoms with Crippen molar-refractivity contribution in [2.24, 2.45) is 0 Å². The molecule has 0 bridgehead atoms. The number of carbonyl (C=O) groups excluding carboxylic acids is 1. The molecule has 6 rings (SSSR count). The SMILES string of the molecule is Cc1cc(-c2n[nH]c3ccc(C(=O)N[C@H]4CCC[C@@](O)(Cn5c(=O)ccc6ccccc65)C4)cc23)ccn1. The number of aromatic nitrogens is 4. The van der Waals surface area contributed by atoms with Gasteiger partial charge in [0.25, 0.3) is 11.5 Å². The van der Waals surface area contributed by atoms with Gasteiger partial charge in [0.1, 0.15) is 5.69 Å². The van der Waals surface area contributed by atoms with Gasteiger partial charge >= 0.3 is 0 Å². The summed E-state index contributed by atoms with van der Waals surface area (Å²) in [5.74, 6) is -0.193. The van der Waals surface area contributed by atoms with Crippen LogP contribution in [0.4, 0.5) is 0 Å². The van der Waals surface area contributed by atoms with Crippen molar-refractivity contribution in [3.63, 3.8) is 0 Å². The van der Waals surface area contributed by atoms with Crippen molar-refractivity contribution >= 4 is 27.7 Å². The molecule has 1 amide bonds.